The van der Waals surface area contributed by atoms with Gasteiger partial charge in [0.25, 0.3) is 5.91 Å². The maximum absolute atomic E-state index is 13.5. The number of piperidine rings is 1. The van der Waals surface area contributed by atoms with Gasteiger partial charge in [0.05, 0.1) is 24.9 Å². The van der Waals surface area contributed by atoms with Gasteiger partial charge in [0.1, 0.15) is 12.0 Å². The van der Waals surface area contributed by atoms with Crippen molar-refractivity contribution >= 4 is 5.91 Å². The average molecular weight is 551 g/mol. The summed E-state index contributed by atoms with van der Waals surface area (Å²) in [6.45, 7) is 9.17. The third kappa shape index (κ3) is 6.90. The number of benzene rings is 1. The lowest BCUT2D eigenvalue weighted by atomic mass is 9.94. The standard InChI is InChI=1S/C32H46N4O4/c1-21-8-9-24(18-22(21)2)29-7-5-6-26(40-29)10-11-27-23(3)31(34-20-33-27)32(37)36-15-12-25(13-16-36)35-28-14-17-39-19-30(28)38-4/h8-9,18,20,25-26,28-30,35H,5-7,10-17,19H2,1-4H3/t26-,28?,29+,30?/m0/s1. The Balaban J connectivity index is 1.14. The Hall–Kier alpha value is -2.39. The number of hydrogen-bond acceptors (Lipinski definition) is 7. The van der Waals surface area contributed by atoms with Crippen LogP contribution in [-0.4, -0.2) is 78.5 Å². The molecule has 1 N–H and O–H groups in total. The summed E-state index contributed by atoms with van der Waals surface area (Å²) in [4.78, 5) is 24.4. The number of ether oxygens (including phenoxy) is 3. The Morgan fingerprint density at radius 1 is 1.07 bits per heavy atom. The second-order valence-electron chi connectivity index (χ2n) is 11.8. The summed E-state index contributed by atoms with van der Waals surface area (Å²) in [5.74, 6) is 0.0177. The van der Waals surface area contributed by atoms with E-state index < -0.39 is 0 Å². The van der Waals surface area contributed by atoms with Gasteiger partial charge in [-0.05, 0) is 88.8 Å². The Bertz CT molecular complexity index is 1150. The molecule has 3 aliphatic rings. The van der Waals surface area contributed by atoms with Crippen molar-refractivity contribution in [1.29, 1.82) is 0 Å². The molecule has 0 aliphatic carbocycles. The molecule has 1 aromatic heterocycles. The summed E-state index contributed by atoms with van der Waals surface area (Å²) in [5.41, 5.74) is 6.31. The fourth-order valence-electron chi connectivity index (χ4n) is 6.41. The van der Waals surface area contributed by atoms with Crippen molar-refractivity contribution in [2.75, 3.05) is 33.4 Å². The van der Waals surface area contributed by atoms with Crippen molar-refractivity contribution in [3.63, 3.8) is 0 Å². The van der Waals surface area contributed by atoms with Gasteiger partial charge in [-0.1, -0.05) is 18.2 Å². The maximum atomic E-state index is 13.5. The van der Waals surface area contributed by atoms with E-state index in [4.69, 9.17) is 14.2 Å². The van der Waals surface area contributed by atoms with Crippen LogP contribution in [0.3, 0.4) is 0 Å². The lowest BCUT2D eigenvalue weighted by molar-refractivity contribution is -0.0547. The van der Waals surface area contributed by atoms with E-state index in [0.29, 0.717) is 24.4 Å². The van der Waals surface area contributed by atoms with Gasteiger partial charge < -0.3 is 24.4 Å². The molecule has 3 fully saturated rings. The number of aromatic nitrogens is 2. The molecular formula is C32H46N4O4. The predicted octanol–water partition coefficient (Wildman–Crippen LogP) is 4.64. The van der Waals surface area contributed by atoms with Gasteiger partial charge in [0.15, 0.2) is 0 Å². The van der Waals surface area contributed by atoms with Crippen LogP contribution in [0.4, 0.5) is 0 Å². The van der Waals surface area contributed by atoms with E-state index in [1.54, 1.807) is 13.4 Å². The molecule has 40 heavy (non-hydrogen) atoms. The minimum absolute atomic E-state index is 0.0177. The SMILES string of the molecule is COC1COCCC1NC1CCN(C(=O)c2ncnc(CC[C@@H]3CCC[C@H](c4ccc(C)c(C)c4)O3)c2C)CC1. The summed E-state index contributed by atoms with van der Waals surface area (Å²) in [7, 11) is 1.75. The Morgan fingerprint density at radius 3 is 2.67 bits per heavy atom. The summed E-state index contributed by atoms with van der Waals surface area (Å²) < 4.78 is 17.7. The monoisotopic (exact) mass is 550 g/mol. The van der Waals surface area contributed by atoms with Crippen LogP contribution < -0.4 is 5.32 Å². The lowest BCUT2D eigenvalue weighted by Crippen LogP contribution is -2.54. The molecule has 2 unspecified atom stereocenters. The van der Waals surface area contributed by atoms with Crippen LogP contribution in [0.2, 0.25) is 0 Å². The summed E-state index contributed by atoms with van der Waals surface area (Å²) in [5, 5.41) is 3.76. The molecule has 218 valence electrons. The number of likely N-dealkylation sites (tertiary alicyclic amines) is 1. The van der Waals surface area contributed by atoms with Gasteiger partial charge in [0, 0.05) is 50.1 Å². The van der Waals surface area contributed by atoms with Crippen molar-refractivity contribution in [3.8, 4) is 0 Å². The molecule has 8 heteroatoms. The largest absolute Gasteiger partial charge is 0.379 e. The molecule has 3 aliphatic heterocycles. The number of aryl methyl sites for hydroxylation is 3. The smallest absolute Gasteiger partial charge is 0.272 e. The minimum atomic E-state index is 0.0177. The van der Waals surface area contributed by atoms with Crippen LogP contribution in [-0.2, 0) is 20.6 Å². The minimum Gasteiger partial charge on any atom is -0.379 e. The Morgan fingerprint density at radius 2 is 1.90 bits per heavy atom. The second kappa shape index (κ2) is 13.5. The quantitative estimate of drug-likeness (QED) is 0.512. The first-order chi connectivity index (χ1) is 19.4. The first kappa shape index (κ1) is 29.1. The molecule has 0 spiro atoms. The number of rotatable bonds is 8. The van der Waals surface area contributed by atoms with E-state index in [9.17, 15) is 4.79 Å². The highest BCUT2D eigenvalue weighted by atomic mass is 16.5. The van der Waals surface area contributed by atoms with Crippen molar-refractivity contribution < 1.29 is 19.0 Å². The van der Waals surface area contributed by atoms with Gasteiger partial charge in [-0.15, -0.1) is 0 Å². The third-order valence-corrected chi connectivity index (χ3v) is 9.18. The number of carbonyl (C=O) groups is 1. The van der Waals surface area contributed by atoms with E-state index in [1.165, 1.54) is 23.1 Å². The van der Waals surface area contributed by atoms with E-state index in [1.807, 2.05) is 11.8 Å². The molecule has 1 amide bonds. The molecule has 1 aromatic carbocycles. The van der Waals surface area contributed by atoms with E-state index in [2.05, 4.69) is 47.3 Å². The zero-order valence-electron chi connectivity index (χ0n) is 24.7. The highest BCUT2D eigenvalue weighted by Gasteiger charge is 2.31. The van der Waals surface area contributed by atoms with Crippen molar-refractivity contribution in [2.24, 2.45) is 0 Å². The lowest BCUT2D eigenvalue weighted by Gasteiger charge is -2.38. The molecule has 4 heterocycles. The average Bonchev–Trinajstić information content (AvgIpc) is 2.98. The second-order valence-corrected chi connectivity index (χ2v) is 11.8. The number of methoxy groups -OCH3 is 1. The molecule has 8 nitrogen and oxygen atoms in total. The number of carbonyl (C=O) groups excluding carboxylic acids is 1. The van der Waals surface area contributed by atoms with Crippen molar-refractivity contribution in [1.82, 2.24) is 20.2 Å². The first-order valence-electron chi connectivity index (χ1n) is 15.1. The zero-order valence-corrected chi connectivity index (χ0v) is 24.7. The molecule has 0 radical (unpaired) electrons. The molecule has 3 saturated heterocycles. The van der Waals surface area contributed by atoms with Gasteiger partial charge in [-0.25, -0.2) is 9.97 Å². The van der Waals surface area contributed by atoms with Gasteiger partial charge >= 0.3 is 0 Å². The topological polar surface area (TPSA) is 85.8 Å². The summed E-state index contributed by atoms with van der Waals surface area (Å²) in [6, 6.07) is 7.37. The number of hydrogen-bond donors (Lipinski definition) is 1. The number of nitrogens with zero attached hydrogens (tertiary/aromatic N) is 3. The molecule has 2 aromatic rings. The summed E-state index contributed by atoms with van der Waals surface area (Å²) >= 11 is 0. The predicted molar refractivity (Wildman–Crippen MR) is 155 cm³/mol. The number of amides is 1. The third-order valence-electron chi connectivity index (χ3n) is 9.18. The van der Waals surface area contributed by atoms with Crippen LogP contribution in [0.5, 0.6) is 0 Å². The molecule has 5 rings (SSSR count). The fraction of sp³-hybridized carbons (Fsp3) is 0.656. The summed E-state index contributed by atoms with van der Waals surface area (Å²) in [6.07, 6.45) is 9.81. The van der Waals surface area contributed by atoms with Gasteiger partial charge in [0.2, 0.25) is 0 Å². The Labute approximate surface area is 239 Å². The van der Waals surface area contributed by atoms with Gasteiger partial charge in [-0.2, -0.15) is 0 Å². The van der Waals surface area contributed by atoms with E-state index >= 15 is 0 Å². The first-order valence-corrected chi connectivity index (χ1v) is 15.1. The van der Waals surface area contributed by atoms with Crippen LogP contribution >= 0.6 is 0 Å². The molecule has 0 saturated carbocycles. The highest BCUT2D eigenvalue weighted by molar-refractivity contribution is 5.93. The zero-order chi connectivity index (χ0) is 28.1. The molecular weight excluding hydrogens is 504 g/mol. The van der Waals surface area contributed by atoms with E-state index in [0.717, 1.165) is 75.9 Å². The van der Waals surface area contributed by atoms with E-state index in [-0.39, 0.29) is 24.2 Å². The van der Waals surface area contributed by atoms with Crippen LogP contribution in [0.1, 0.15) is 89.5 Å². The highest BCUT2D eigenvalue weighted by Crippen LogP contribution is 2.33. The van der Waals surface area contributed by atoms with Crippen LogP contribution in [0, 0.1) is 20.8 Å². The fourth-order valence-corrected chi connectivity index (χ4v) is 6.41. The maximum Gasteiger partial charge on any atom is 0.272 e. The van der Waals surface area contributed by atoms with Crippen LogP contribution in [0.15, 0.2) is 24.5 Å². The van der Waals surface area contributed by atoms with Crippen LogP contribution in [0.25, 0.3) is 0 Å². The molecule has 0 bridgehead atoms. The molecule has 4 atom stereocenters. The van der Waals surface area contributed by atoms with Gasteiger partial charge in [-0.3, -0.25) is 4.79 Å². The van der Waals surface area contributed by atoms with Crippen molar-refractivity contribution in [2.45, 2.75) is 103 Å². The van der Waals surface area contributed by atoms with Crippen molar-refractivity contribution in [3.05, 3.63) is 58.2 Å². The Kier molecular flexibility index (Phi) is 9.84. The number of nitrogens with one attached hydrogen (secondary N) is 1. The normalized spacial score (nSPS) is 26.1.